The van der Waals surface area contributed by atoms with Crippen molar-refractivity contribution in [2.24, 2.45) is 0 Å². The Hall–Kier alpha value is -2.12. The van der Waals surface area contributed by atoms with Crippen molar-refractivity contribution in [1.29, 1.82) is 0 Å². The van der Waals surface area contributed by atoms with Gasteiger partial charge in [-0.25, -0.2) is 9.37 Å². The molecule has 7 heteroatoms. The summed E-state index contributed by atoms with van der Waals surface area (Å²) in [7, 11) is 0. The van der Waals surface area contributed by atoms with Crippen molar-refractivity contribution in [2.75, 3.05) is 5.32 Å². The second-order valence-electron chi connectivity index (χ2n) is 4.36. The van der Waals surface area contributed by atoms with Crippen LogP contribution in [-0.4, -0.2) is 15.9 Å². The zero-order valence-electron chi connectivity index (χ0n) is 11.1. The number of carbonyl (C=O) groups is 1. The Kier molecular flexibility index (Phi) is 4.26. The van der Waals surface area contributed by atoms with Gasteiger partial charge in [0.15, 0.2) is 5.13 Å². The zero-order chi connectivity index (χ0) is 15.5. The summed E-state index contributed by atoms with van der Waals surface area (Å²) in [5.41, 5.74) is 1.97. The summed E-state index contributed by atoms with van der Waals surface area (Å²) in [6.45, 7) is 0. The van der Waals surface area contributed by atoms with Gasteiger partial charge < -0.3 is 0 Å². The summed E-state index contributed by atoms with van der Waals surface area (Å²) in [5.74, 6) is -0.754. The predicted octanol–water partition coefficient (Wildman–Crippen LogP) is 4.36. The number of anilines is 1. The smallest absolute Gasteiger partial charge is 0.258 e. The van der Waals surface area contributed by atoms with Crippen LogP contribution >= 0.6 is 27.3 Å². The Labute approximate surface area is 138 Å². The first kappa shape index (κ1) is 14.8. The van der Waals surface area contributed by atoms with E-state index in [0.717, 1.165) is 11.3 Å². The number of nitrogens with zero attached hydrogens (tertiary/aromatic N) is 2. The fourth-order valence-electron chi connectivity index (χ4n) is 1.82. The van der Waals surface area contributed by atoms with Crippen LogP contribution in [0.5, 0.6) is 0 Å². The first-order valence-electron chi connectivity index (χ1n) is 6.26. The Balaban J connectivity index is 1.79. The lowest BCUT2D eigenvalue weighted by molar-refractivity contribution is 0.102. The predicted molar refractivity (Wildman–Crippen MR) is 87.4 cm³/mol. The average molecular weight is 378 g/mol. The molecule has 0 saturated heterocycles. The number of aromatic nitrogens is 2. The first-order valence-corrected chi connectivity index (χ1v) is 7.93. The molecule has 1 amide bonds. The van der Waals surface area contributed by atoms with Gasteiger partial charge in [-0.05, 0) is 46.3 Å². The lowest BCUT2D eigenvalue weighted by Gasteiger charge is -2.04. The van der Waals surface area contributed by atoms with E-state index in [-0.39, 0.29) is 5.91 Å². The molecule has 0 spiro atoms. The third kappa shape index (κ3) is 3.20. The van der Waals surface area contributed by atoms with E-state index in [1.54, 1.807) is 12.4 Å². The molecule has 0 fully saturated rings. The van der Waals surface area contributed by atoms with Gasteiger partial charge in [0.2, 0.25) is 0 Å². The number of hydrogen-bond acceptors (Lipinski definition) is 4. The van der Waals surface area contributed by atoms with Gasteiger partial charge in [-0.2, -0.15) is 0 Å². The Morgan fingerprint density at radius 3 is 2.91 bits per heavy atom. The standard InChI is InChI=1S/C15H9BrFN3OS/c16-12-6-10(17)3-4-11(12)14(21)20-15-19-13(8-22-15)9-2-1-5-18-7-9/h1-8H,(H,19,20,21). The van der Waals surface area contributed by atoms with Crippen molar-refractivity contribution >= 4 is 38.3 Å². The molecule has 110 valence electrons. The number of pyridine rings is 1. The van der Waals surface area contributed by atoms with E-state index in [4.69, 9.17) is 0 Å². The molecule has 1 aromatic carbocycles. The molecule has 4 nitrogen and oxygen atoms in total. The lowest BCUT2D eigenvalue weighted by Crippen LogP contribution is -2.12. The SMILES string of the molecule is O=C(Nc1nc(-c2cccnc2)cs1)c1ccc(F)cc1Br. The average Bonchev–Trinajstić information content (AvgIpc) is 2.96. The number of rotatable bonds is 3. The summed E-state index contributed by atoms with van der Waals surface area (Å²) in [6.07, 6.45) is 3.39. The minimum Gasteiger partial charge on any atom is -0.298 e. The topological polar surface area (TPSA) is 54.9 Å². The number of benzene rings is 1. The second-order valence-corrected chi connectivity index (χ2v) is 6.07. The summed E-state index contributed by atoms with van der Waals surface area (Å²) >= 11 is 4.49. The van der Waals surface area contributed by atoms with Gasteiger partial charge in [0.25, 0.3) is 5.91 Å². The molecule has 1 N–H and O–H groups in total. The van der Waals surface area contributed by atoms with Crippen molar-refractivity contribution in [3.8, 4) is 11.3 Å². The van der Waals surface area contributed by atoms with E-state index in [0.29, 0.717) is 15.2 Å². The van der Waals surface area contributed by atoms with Gasteiger partial charge in [0.05, 0.1) is 11.3 Å². The van der Waals surface area contributed by atoms with Crippen molar-refractivity contribution in [3.05, 3.63) is 64.0 Å². The molecule has 2 heterocycles. The molecule has 3 aromatic rings. The maximum atomic E-state index is 13.1. The maximum absolute atomic E-state index is 13.1. The van der Waals surface area contributed by atoms with Gasteiger partial charge >= 0.3 is 0 Å². The molecule has 0 aliphatic rings. The molecule has 0 atom stereocenters. The summed E-state index contributed by atoms with van der Waals surface area (Å²) < 4.78 is 13.4. The highest BCUT2D eigenvalue weighted by Crippen LogP contribution is 2.25. The Bertz CT molecular complexity index is 823. The van der Waals surface area contributed by atoms with E-state index in [1.807, 2.05) is 17.5 Å². The summed E-state index contributed by atoms with van der Waals surface area (Å²) in [6, 6.07) is 7.62. The maximum Gasteiger partial charge on any atom is 0.258 e. The number of halogens is 2. The second kappa shape index (κ2) is 6.33. The number of thiazole rings is 1. The Morgan fingerprint density at radius 1 is 1.32 bits per heavy atom. The molecule has 2 aromatic heterocycles. The van der Waals surface area contributed by atoms with E-state index >= 15 is 0 Å². The third-order valence-corrected chi connectivity index (χ3v) is 4.27. The minimum atomic E-state index is -0.406. The largest absolute Gasteiger partial charge is 0.298 e. The van der Waals surface area contributed by atoms with E-state index in [2.05, 4.69) is 31.2 Å². The van der Waals surface area contributed by atoms with Gasteiger partial charge in [-0.15, -0.1) is 11.3 Å². The molecular weight excluding hydrogens is 369 g/mol. The van der Waals surface area contributed by atoms with Crippen molar-refractivity contribution in [3.63, 3.8) is 0 Å². The molecule has 22 heavy (non-hydrogen) atoms. The van der Waals surface area contributed by atoms with Crippen LogP contribution in [0.1, 0.15) is 10.4 Å². The zero-order valence-corrected chi connectivity index (χ0v) is 13.5. The molecule has 0 aliphatic carbocycles. The number of hydrogen-bond donors (Lipinski definition) is 1. The fourth-order valence-corrected chi connectivity index (χ4v) is 3.06. The van der Waals surface area contributed by atoms with Crippen molar-refractivity contribution in [2.45, 2.75) is 0 Å². The lowest BCUT2D eigenvalue weighted by atomic mass is 10.2. The molecule has 3 rings (SSSR count). The van der Waals surface area contributed by atoms with E-state index < -0.39 is 5.82 Å². The quantitative estimate of drug-likeness (QED) is 0.737. The fraction of sp³-hybridized carbons (Fsp3) is 0. The number of nitrogens with one attached hydrogen (secondary N) is 1. The van der Waals surface area contributed by atoms with Gasteiger partial charge in [-0.1, -0.05) is 0 Å². The van der Waals surface area contributed by atoms with E-state index in [9.17, 15) is 9.18 Å². The van der Waals surface area contributed by atoms with Crippen LogP contribution in [0.4, 0.5) is 9.52 Å². The van der Waals surface area contributed by atoms with Crippen molar-refractivity contribution in [1.82, 2.24) is 9.97 Å². The van der Waals surface area contributed by atoms with Crippen LogP contribution in [0, 0.1) is 5.82 Å². The summed E-state index contributed by atoms with van der Waals surface area (Å²) in [5, 5.41) is 5.02. The Morgan fingerprint density at radius 2 is 2.18 bits per heavy atom. The van der Waals surface area contributed by atoms with Crippen LogP contribution in [0.2, 0.25) is 0 Å². The van der Waals surface area contributed by atoms with Crippen LogP contribution in [0.15, 0.2) is 52.6 Å². The van der Waals surface area contributed by atoms with Crippen LogP contribution in [-0.2, 0) is 0 Å². The summed E-state index contributed by atoms with van der Waals surface area (Å²) in [4.78, 5) is 20.6. The monoisotopic (exact) mass is 377 g/mol. The number of carbonyl (C=O) groups excluding carboxylic acids is 1. The van der Waals surface area contributed by atoms with E-state index in [1.165, 1.54) is 29.5 Å². The van der Waals surface area contributed by atoms with Crippen LogP contribution in [0.3, 0.4) is 0 Å². The van der Waals surface area contributed by atoms with Gasteiger partial charge in [0.1, 0.15) is 5.82 Å². The normalized spacial score (nSPS) is 10.5. The van der Waals surface area contributed by atoms with Crippen LogP contribution < -0.4 is 5.32 Å². The molecule has 0 bridgehead atoms. The highest BCUT2D eigenvalue weighted by molar-refractivity contribution is 9.10. The first-order chi connectivity index (χ1) is 10.6. The molecular formula is C15H9BrFN3OS. The minimum absolute atomic E-state index is 0.347. The molecule has 0 unspecified atom stereocenters. The third-order valence-electron chi connectivity index (χ3n) is 2.86. The highest BCUT2D eigenvalue weighted by atomic mass is 79.9. The van der Waals surface area contributed by atoms with Gasteiger partial charge in [0, 0.05) is 27.8 Å². The molecule has 0 saturated carbocycles. The highest BCUT2D eigenvalue weighted by Gasteiger charge is 2.13. The number of amides is 1. The molecule has 0 radical (unpaired) electrons. The van der Waals surface area contributed by atoms with Crippen LogP contribution in [0.25, 0.3) is 11.3 Å². The van der Waals surface area contributed by atoms with Crippen molar-refractivity contribution < 1.29 is 9.18 Å². The molecule has 0 aliphatic heterocycles. The van der Waals surface area contributed by atoms with Gasteiger partial charge in [-0.3, -0.25) is 15.1 Å².